The number of hydrogen-bond donors (Lipinski definition) is 2. The monoisotopic (exact) mass is 363 g/mol. The predicted molar refractivity (Wildman–Crippen MR) is 101 cm³/mol. The van der Waals surface area contributed by atoms with Crippen LogP contribution in [-0.2, 0) is 4.84 Å². The van der Waals surface area contributed by atoms with Gasteiger partial charge in [-0.2, -0.15) is 0 Å². The number of methoxy groups -OCH3 is 1. The molecule has 0 saturated carbocycles. The summed E-state index contributed by atoms with van der Waals surface area (Å²) >= 11 is 0. The summed E-state index contributed by atoms with van der Waals surface area (Å²) in [4.78, 5) is 24.5. The molecule has 7 nitrogen and oxygen atoms in total. The topological polar surface area (TPSA) is 85.5 Å². The first-order valence-corrected chi connectivity index (χ1v) is 8.24. The van der Waals surface area contributed by atoms with E-state index in [0.717, 1.165) is 10.9 Å². The van der Waals surface area contributed by atoms with Crippen molar-refractivity contribution in [3.05, 3.63) is 60.4 Å². The number of aromatic amines is 1. The summed E-state index contributed by atoms with van der Waals surface area (Å²) in [7, 11) is 2.87. The lowest BCUT2D eigenvalue weighted by Gasteiger charge is -2.13. The molecule has 0 unspecified atom stereocenters. The van der Waals surface area contributed by atoms with Crippen molar-refractivity contribution in [1.82, 2.24) is 15.4 Å². The van der Waals surface area contributed by atoms with Crippen LogP contribution < -0.4 is 15.0 Å². The van der Waals surface area contributed by atoms with Gasteiger partial charge in [-0.15, -0.1) is 0 Å². The Hall–Kier alpha value is -3.58. The molecule has 4 aromatic rings. The van der Waals surface area contributed by atoms with Crippen molar-refractivity contribution < 1.29 is 19.1 Å². The van der Waals surface area contributed by atoms with Crippen LogP contribution in [0.1, 0.15) is 10.4 Å². The van der Waals surface area contributed by atoms with Crippen LogP contribution >= 0.6 is 0 Å². The fourth-order valence-corrected chi connectivity index (χ4v) is 2.95. The molecule has 0 radical (unpaired) electrons. The molecular weight excluding hydrogens is 346 g/mol. The lowest BCUT2D eigenvalue weighted by molar-refractivity contribution is 0.0535. The highest BCUT2D eigenvalue weighted by Crippen LogP contribution is 2.34. The quantitative estimate of drug-likeness (QED) is 0.527. The first kappa shape index (κ1) is 16.9. The van der Waals surface area contributed by atoms with Gasteiger partial charge in [0.05, 0.1) is 25.3 Å². The van der Waals surface area contributed by atoms with Gasteiger partial charge in [0.25, 0.3) is 5.91 Å². The van der Waals surface area contributed by atoms with E-state index in [4.69, 9.17) is 14.3 Å². The molecule has 2 heterocycles. The number of nitrogens with zero attached hydrogens (tertiary/aromatic N) is 1. The van der Waals surface area contributed by atoms with Crippen LogP contribution in [0.3, 0.4) is 0 Å². The number of rotatable bonds is 5. The number of ether oxygens (including phenoxy) is 2. The Bertz CT molecular complexity index is 1140. The number of H-pyrrole nitrogens is 1. The summed E-state index contributed by atoms with van der Waals surface area (Å²) in [6.07, 6.45) is 3.53. The second-order valence-corrected chi connectivity index (χ2v) is 5.84. The number of carbonyl (C=O) groups is 1. The average molecular weight is 363 g/mol. The molecule has 0 spiro atoms. The summed E-state index contributed by atoms with van der Waals surface area (Å²) in [5, 5.41) is 1.74. The molecule has 0 fully saturated rings. The summed E-state index contributed by atoms with van der Waals surface area (Å²) < 4.78 is 11.4. The van der Waals surface area contributed by atoms with Gasteiger partial charge >= 0.3 is 0 Å². The van der Waals surface area contributed by atoms with E-state index in [0.29, 0.717) is 33.7 Å². The molecule has 0 aliphatic carbocycles. The van der Waals surface area contributed by atoms with Crippen LogP contribution in [0.2, 0.25) is 0 Å². The molecule has 0 bridgehead atoms. The molecule has 2 N–H and O–H groups in total. The zero-order valence-electron chi connectivity index (χ0n) is 14.8. The first-order valence-electron chi connectivity index (χ1n) is 8.24. The zero-order chi connectivity index (χ0) is 18.8. The molecule has 0 saturated heterocycles. The Morgan fingerprint density at radius 1 is 1.07 bits per heavy atom. The Morgan fingerprint density at radius 2 is 1.96 bits per heavy atom. The molecule has 7 heteroatoms. The van der Waals surface area contributed by atoms with Crippen LogP contribution in [-0.4, -0.2) is 30.1 Å². The number of aromatic nitrogens is 2. The Morgan fingerprint density at radius 3 is 2.78 bits per heavy atom. The minimum absolute atomic E-state index is 0.325. The van der Waals surface area contributed by atoms with E-state index >= 15 is 0 Å². The van der Waals surface area contributed by atoms with E-state index in [2.05, 4.69) is 15.4 Å². The molecule has 2 aromatic carbocycles. The Kier molecular flexibility index (Phi) is 4.35. The second-order valence-electron chi connectivity index (χ2n) is 5.84. The fraction of sp³-hybridized carbons (Fsp3) is 0.100. The average Bonchev–Trinajstić information content (AvgIpc) is 3.15. The van der Waals surface area contributed by atoms with Gasteiger partial charge in [-0.1, -0.05) is 0 Å². The number of nitrogens with one attached hydrogen (secondary N) is 2. The van der Waals surface area contributed by atoms with Crippen molar-refractivity contribution in [1.29, 1.82) is 0 Å². The van der Waals surface area contributed by atoms with Crippen LogP contribution in [0.5, 0.6) is 17.2 Å². The number of hydroxylamine groups is 1. The van der Waals surface area contributed by atoms with Crippen molar-refractivity contribution in [3.63, 3.8) is 0 Å². The van der Waals surface area contributed by atoms with E-state index in [1.807, 2.05) is 30.5 Å². The molecule has 2 aromatic heterocycles. The number of benzene rings is 2. The fourth-order valence-electron chi connectivity index (χ4n) is 2.95. The number of fused-ring (bicyclic) bond motifs is 2. The number of pyridine rings is 1. The lowest BCUT2D eigenvalue weighted by atomic mass is 10.1. The molecule has 27 heavy (non-hydrogen) atoms. The van der Waals surface area contributed by atoms with E-state index in [1.54, 1.807) is 24.4 Å². The van der Waals surface area contributed by atoms with Gasteiger partial charge in [0.1, 0.15) is 17.2 Å². The summed E-state index contributed by atoms with van der Waals surface area (Å²) in [6, 6.07) is 12.9. The minimum Gasteiger partial charge on any atom is -0.496 e. The van der Waals surface area contributed by atoms with E-state index in [-0.39, 0.29) is 0 Å². The maximum Gasteiger partial charge on any atom is 0.278 e. The first-order chi connectivity index (χ1) is 13.2. The van der Waals surface area contributed by atoms with Crippen LogP contribution in [0.4, 0.5) is 0 Å². The zero-order valence-corrected chi connectivity index (χ0v) is 14.8. The van der Waals surface area contributed by atoms with E-state index in [9.17, 15) is 4.79 Å². The Balaban J connectivity index is 1.79. The third-order valence-electron chi connectivity index (χ3n) is 4.21. The van der Waals surface area contributed by atoms with E-state index in [1.165, 1.54) is 14.2 Å². The van der Waals surface area contributed by atoms with Crippen molar-refractivity contribution in [3.8, 4) is 17.2 Å². The standard InChI is InChI=1S/C20H17N3O4/c1-25-19-11-17-14(10-15(19)20(24)23-26-2)18(6-8-22-17)27-13-3-4-16-12(9-13)5-7-21-16/h3-11,21H,1-2H3,(H,23,24). The normalized spacial score (nSPS) is 10.9. The van der Waals surface area contributed by atoms with Gasteiger partial charge in [-0.25, -0.2) is 5.48 Å². The van der Waals surface area contributed by atoms with Crippen LogP contribution in [0.25, 0.3) is 21.8 Å². The van der Waals surface area contributed by atoms with Gasteiger partial charge < -0.3 is 14.5 Å². The summed E-state index contributed by atoms with van der Waals surface area (Å²) in [5.41, 5.74) is 4.32. The minimum atomic E-state index is -0.417. The lowest BCUT2D eigenvalue weighted by Crippen LogP contribution is -2.22. The molecule has 136 valence electrons. The SMILES string of the molecule is CONC(=O)c1cc2c(Oc3ccc4[nH]ccc4c3)ccnc2cc1OC. The second kappa shape index (κ2) is 6.97. The highest BCUT2D eigenvalue weighted by molar-refractivity contribution is 6.01. The third-order valence-corrected chi connectivity index (χ3v) is 4.21. The maximum absolute atomic E-state index is 12.3. The van der Waals surface area contributed by atoms with Gasteiger partial charge in [0.15, 0.2) is 0 Å². The van der Waals surface area contributed by atoms with Crippen LogP contribution in [0.15, 0.2) is 54.9 Å². The largest absolute Gasteiger partial charge is 0.496 e. The van der Waals surface area contributed by atoms with Gasteiger partial charge in [-0.3, -0.25) is 14.6 Å². The Labute approximate surface area is 154 Å². The van der Waals surface area contributed by atoms with Crippen LogP contribution in [0, 0.1) is 0 Å². The highest BCUT2D eigenvalue weighted by Gasteiger charge is 2.16. The van der Waals surface area contributed by atoms with Gasteiger partial charge in [-0.05, 0) is 36.4 Å². The summed E-state index contributed by atoms with van der Waals surface area (Å²) in [6.45, 7) is 0. The molecule has 0 aliphatic rings. The smallest absolute Gasteiger partial charge is 0.278 e. The van der Waals surface area contributed by atoms with Crippen molar-refractivity contribution >= 4 is 27.7 Å². The molecule has 4 rings (SSSR count). The number of amides is 1. The number of carbonyl (C=O) groups excluding carboxylic acids is 1. The highest BCUT2D eigenvalue weighted by atomic mass is 16.6. The van der Waals surface area contributed by atoms with E-state index < -0.39 is 5.91 Å². The van der Waals surface area contributed by atoms with Gasteiger partial charge in [0, 0.05) is 34.7 Å². The third kappa shape index (κ3) is 3.16. The van der Waals surface area contributed by atoms with Crippen molar-refractivity contribution in [2.45, 2.75) is 0 Å². The predicted octanol–water partition coefficient (Wildman–Crippen LogP) is 3.81. The van der Waals surface area contributed by atoms with Crippen molar-refractivity contribution in [2.75, 3.05) is 14.2 Å². The molecule has 1 amide bonds. The molecular formula is C20H17N3O4. The maximum atomic E-state index is 12.3. The summed E-state index contributed by atoms with van der Waals surface area (Å²) in [5.74, 6) is 1.26. The molecule has 0 aliphatic heterocycles. The number of hydrogen-bond acceptors (Lipinski definition) is 5. The molecule has 0 atom stereocenters. The van der Waals surface area contributed by atoms with Gasteiger partial charge in [0.2, 0.25) is 0 Å². The van der Waals surface area contributed by atoms with Crippen molar-refractivity contribution in [2.24, 2.45) is 0 Å².